The molecule has 0 aliphatic heterocycles. The van der Waals surface area contributed by atoms with E-state index < -0.39 is 0 Å². The average Bonchev–Trinajstić information content (AvgIpc) is 3.04. The zero-order chi connectivity index (χ0) is 14.1. The van der Waals surface area contributed by atoms with Gasteiger partial charge in [-0.2, -0.15) is 0 Å². The Hall–Kier alpha value is -1.95. The highest BCUT2D eigenvalue weighted by Gasteiger charge is 2.31. The maximum Gasteiger partial charge on any atom is 0.225 e. The summed E-state index contributed by atoms with van der Waals surface area (Å²) in [6.07, 6.45) is 4.73. The monoisotopic (exact) mass is 273 g/mol. The van der Waals surface area contributed by atoms with Gasteiger partial charge in [-0.3, -0.25) is 9.20 Å². The molecular weight excluding hydrogens is 254 g/mol. The molecule has 0 spiro atoms. The van der Waals surface area contributed by atoms with E-state index in [0.29, 0.717) is 0 Å². The summed E-state index contributed by atoms with van der Waals surface area (Å²) in [6, 6.07) is 5.51. The predicted molar refractivity (Wildman–Crippen MR) is 74.9 cm³/mol. The van der Waals surface area contributed by atoms with Gasteiger partial charge in [-0.05, 0) is 31.9 Å². The number of amides is 1. The van der Waals surface area contributed by atoms with E-state index in [0.717, 1.165) is 30.7 Å². The molecule has 3 unspecified atom stereocenters. The molecule has 106 valence electrons. The molecule has 2 heterocycles. The number of carbonyl (C=O) groups excluding carboxylic acids is 1. The van der Waals surface area contributed by atoms with Gasteiger partial charge in [-0.15, -0.1) is 10.2 Å². The lowest BCUT2D eigenvalue weighted by Gasteiger charge is -2.18. The first-order valence-electron chi connectivity index (χ1n) is 7.02. The third kappa shape index (κ3) is 2.27. The van der Waals surface area contributed by atoms with Crippen LogP contribution in [0, 0.1) is 5.92 Å². The standard InChI is InChI=1S/C14H19N5O/c1-9(16-14(20)10-5-4-6-11(10)15)13-18-17-12-7-2-3-8-19(12)13/h2-3,7-11H,4-6,15H2,1H3,(H,16,20). The summed E-state index contributed by atoms with van der Waals surface area (Å²) in [7, 11) is 0. The van der Waals surface area contributed by atoms with Crippen molar-refractivity contribution in [3.63, 3.8) is 0 Å². The van der Waals surface area contributed by atoms with Gasteiger partial charge in [0.25, 0.3) is 0 Å². The molecule has 3 N–H and O–H groups in total. The van der Waals surface area contributed by atoms with Gasteiger partial charge < -0.3 is 11.1 Å². The molecule has 1 fully saturated rings. The lowest BCUT2D eigenvalue weighted by atomic mass is 10.0. The Kier molecular flexibility index (Phi) is 3.40. The number of aromatic nitrogens is 3. The number of nitrogens with zero attached hydrogens (tertiary/aromatic N) is 3. The summed E-state index contributed by atoms with van der Waals surface area (Å²) in [5.74, 6) is 0.687. The van der Waals surface area contributed by atoms with Crippen LogP contribution < -0.4 is 11.1 Å². The molecule has 2 aromatic heterocycles. The van der Waals surface area contributed by atoms with Crippen molar-refractivity contribution in [1.82, 2.24) is 19.9 Å². The number of pyridine rings is 1. The van der Waals surface area contributed by atoms with E-state index >= 15 is 0 Å². The molecule has 0 aromatic carbocycles. The molecule has 6 heteroatoms. The van der Waals surface area contributed by atoms with Crippen LogP contribution in [-0.4, -0.2) is 26.5 Å². The zero-order valence-corrected chi connectivity index (χ0v) is 11.5. The minimum Gasteiger partial charge on any atom is -0.346 e. The van der Waals surface area contributed by atoms with Crippen LogP contribution in [0.5, 0.6) is 0 Å². The van der Waals surface area contributed by atoms with Crippen molar-refractivity contribution in [2.24, 2.45) is 11.7 Å². The number of rotatable bonds is 3. The van der Waals surface area contributed by atoms with E-state index in [1.165, 1.54) is 0 Å². The number of fused-ring (bicyclic) bond motifs is 1. The van der Waals surface area contributed by atoms with Crippen LogP contribution >= 0.6 is 0 Å². The zero-order valence-electron chi connectivity index (χ0n) is 11.5. The quantitative estimate of drug-likeness (QED) is 0.874. The highest BCUT2D eigenvalue weighted by molar-refractivity contribution is 5.80. The summed E-state index contributed by atoms with van der Waals surface area (Å²) in [6.45, 7) is 1.92. The van der Waals surface area contributed by atoms with Crippen molar-refractivity contribution in [2.45, 2.75) is 38.3 Å². The number of carbonyl (C=O) groups is 1. The van der Waals surface area contributed by atoms with Crippen LogP contribution in [0.1, 0.15) is 38.1 Å². The molecule has 2 aromatic rings. The van der Waals surface area contributed by atoms with Crippen molar-refractivity contribution >= 4 is 11.6 Å². The van der Waals surface area contributed by atoms with Crippen LogP contribution in [0.2, 0.25) is 0 Å². The summed E-state index contributed by atoms with van der Waals surface area (Å²) in [5.41, 5.74) is 6.75. The fourth-order valence-electron chi connectivity index (χ4n) is 2.85. The lowest BCUT2D eigenvalue weighted by Crippen LogP contribution is -2.40. The van der Waals surface area contributed by atoms with Gasteiger partial charge in [0.1, 0.15) is 0 Å². The smallest absolute Gasteiger partial charge is 0.225 e. The first kappa shape index (κ1) is 13.1. The van der Waals surface area contributed by atoms with Gasteiger partial charge in [-0.1, -0.05) is 12.5 Å². The minimum atomic E-state index is -0.187. The molecular formula is C14H19N5O. The van der Waals surface area contributed by atoms with Crippen LogP contribution in [0.4, 0.5) is 0 Å². The Morgan fingerprint density at radius 1 is 1.45 bits per heavy atom. The van der Waals surface area contributed by atoms with Gasteiger partial charge in [0, 0.05) is 12.2 Å². The molecule has 6 nitrogen and oxygen atoms in total. The third-order valence-electron chi connectivity index (χ3n) is 3.99. The maximum atomic E-state index is 12.2. The lowest BCUT2D eigenvalue weighted by molar-refractivity contribution is -0.125. The van der Waals surface area contributed by atoms with Crippen molar-refractivity contribution < 1.29 is 4.79 Å². The Morgan fingerprint density at radius 3 is 3.05 bits per heavy atom. The van der Waals surface area contributed by atoms with Crippen molar-refractivity contribution in [3.05, 3.63) is 30.2 Å². The average molecular weight is 273 g/mol. The molecule has 3 atom stereocenters. The molecule has 0 radical (unpaired) electrons. The minimum absolute atomic E-state index is 0.0163. The summed E-state index contributed by atoms with van der Waals surface area (Å²) in [5, 5.41) is 11.3. The highest BCUT2D eigenvalue weighted by Crippen LogP contribution is 2.25. The molecule has 1 aliphatic carbocycles. The van der Waals surface area contributed by atoms with Gasteiger partial charge in [0.05, 0.1) is 12.0 Å². The molecule has 0 saturated heterocycles. The van der Waals surface area contributed by atoms with E-state index in [9.17, 15) is 4.79 Å². The summed E-state index contributed by atoms with van der Waals surface area (Å²) in [4.78, 5) is 12.2. The van der Waals surface area contributed by atoms with E-state index in [2.05, 4.69) is 15.5 Å². The SMILES string of the molecule is CC(NC(=O)C1CCCC1N)c1nnc2ccccn12. The van der Waals surface area contributed by atoms with E-state index in [1.54, 1.807) is 0 Å². The second kappa shape index (κ2) is 5.20. The van der Waals surface area contributed by atoms with Crippen LogP contribution in [-0.2, 0) is 4.79 Å². The van der Waals surface area contributed by atoms with Gasteiger partial charge >= 0.3 is 0 Å². The van der Waals surface area contributed by atoms with E-state index in [4.69, 9.17) is 5.73 Å². The van der Waals surface area contributed by atoms with Gasteiger partial charge in [0.2, 0.25) is 5.91 Å². The normalized spacial score (nSPS) is 23.9. The van der Waals surface area contributed by atoms with Gasteiger partial charge in [-0.25, -0.2) is 0 Å². The fraction of sp³-hybridized carbons (Fsp3) is 0.500. The number of nitrogens with one attached hydrogen (secondary N) is 1. The van der Waals surface area contributed by atoms with Crippen molar-refractivity contribution in [2.75, 3.05) is 0 Å². The Labute approximate surface area is 117 Å². The number of hydrogen-bond donors (Lipinski definition) is 2. The van der Waals surface area contributed by atoms with E-state index in [-0.39, 0.29) is 23.9 Å². The second-order valence-corrected chi connectivity index (χ2v) is 5.42. The predicted octanol–water partition coefficient (Wildman–Crippen LogP) is 1.03. The van der Waals surface area contributed by atoms with Crippen molar-refractivity contribution in [3.8, 4) is 0 Å². The highest BCUT2D eigenvalue weighted by atomic mass is 16.2. The van der Waals surface area contributed by atoms with Crippen molar-refractivity contribution in [1.29, 1.82) is 0 Å². The molecule has 1 saturated carbocycles. The largest absolute Gasteiger partial charge is 0.346 e. The van der Waals surface area contributed by atoms with E-state index in [1.807, 2.05) is 35.7 Å². The van der Waals surface area contributed by atoms with Gasteiger partial charge in [0.15, 0.2) is 11.5 Å². The number of hydrogen-bond acceptors (Lipinski definition) is 4. The molecule has 1 aliphatic rings. The van der Waals surface area contributed by atoms with Crippen LogP contribution in [0.25, 0.3) is 5.65 Å². The first-order chi connectivity index (χ1) is 9.66. The molecule has 0 bridgehead atoms. The molecule has 3 rings (SSSR count). The Morgan fingerprint density at radius 2 is 2.30 bits per heavy atom. The molecule has 1 amide bonds. The van der Waals surface area contributed by atoms with Crippen LogP contribution in [0.3, 0.4) is 0 Å². The summed E-state index contributed by atoms with van der Waals surface area (Å²) >= 11 is 0. The molecule has 20 heavy (non-hydrogen) atoms. The maximum absolute atomic E-state index is 12.2. The summed E-state index contributed by atoms with van der Waals surface area (Å²) < 4.78 is 1.89. The third-order valence-corrected chi connectivity index (χ3v) is 3.99. The number of nitrogens with two attached hydrogens (primary N) is 1. The first-order valence-corrected chi connectivity index (χ1v) is 7.02. The fourth-order valence-corrected chi connectivity index (χ4v) is 2.85. The Bertz CT molecular complexity index is 623. The second-order valence-electron chi connectivity index (χ2n) is 5.42. The topological polar surface area (TPSA) is 85.3 Å². The van der Waals surface area contributed by atoms with Crippen LogP contribution in [0.15, 0.2) is 24.4 Å². The Balaban J connectivity index is 1.76.